The van der Waals surface area contributed by atoms with E-state index in [1.807, 2.05) is 6.92 Å². The molecule has 0 bridgehead atoms. The van der Waals surface area contributed by atoms with E-state index < -0.39 is 0 Å². The lowest BCUT2D eigenvalue weighted by Crippen LogP contribution is -2.23. The lowest BCUT2D eigenvalue weighted by Gasteiger charge is -2.12. The van der Waals surface area contributed by atoms with Gasteiger partial charge < -0.3 is 10.1 Å². The van der Waals surface area contributed by atoms with Gasteiger partial charge in [-0.25, -0.2) is 4.98 Å². The van der Waals surface area contributed by atoms with Gasteiger partial charge in [-0.3, -0.25) is 0 Å². The molecule has 96 valence electrons. The molecule has 0 fully saturated rings. The van der Waals surface area contributed by atoms with Gasteiger partial charge in [0, 0.05) is 31.3 Å². The second kappa shape index (κ2) is 7.58. The van der Waals surface area contributed by atoms with E-state index in [9.17, 15) is 0 Å². The standard InChI is InChI=1S/C13H22N2OS/c1-10(2)12(8-14-5-6-16-4)7-13-15-11(3)9-17-13/h7,9-10,14H,5-6,8H2,1-4H3. The van der Waals surface area contributed by atoms with Crippen molar-refractivity contribution in [1.29, 1.82) is 0 Å². The lowest BCUT2D eigenvalue weighted by atomic mass is 10.0. The van der Waals surface area contributed by atoms with Crippen molar-refractivity contribution in [3.63, 3.8) is 0 Å². The molecule has 17 heavy (non-hydrogen) atoms. The normalized spacial score (nSPS) is 12.4. The Kier molecular flexibility index (Phi) is 6.40. The maximum atomic E-state index is 5.01. The molecule has 0 aliphatic heterocycles. The molecule has 0 saturated carbocycles. The highest BCUT2D eigenvalue weighted by Crippen LogP contribution is 2.17. The third-order valence-electron chi connectivity index (χ3n) is 2.50. The number of hydrogen-bond donors (Lipinski definition) is 1. The zero-order valence-corrected chi connectivity index (χ0v) is 11.9. The summed E-state index contributed by atoms with van der Waals surface area (Å²) in [6, 6.07) is 0. The van der Waals surface area contributed by atoms with Crippen molar-refractivity contribution < 1.29 is 4.74 Å². The SMILES string of the molecule is COCCNCC(=Cc1nc(C)cs1)C(C)C. The largest absolute Gasteiger partial charge is 0.383 e. The van der Waals surface area contributed by atoms with Crippen LogP contribution in [0.2, 0.25) is 0 Å². The van der Waals surface area contributed by atoms with E-state index in [0.29, 0.717) is 5.92 Å². The highest BCUT2D eigenvalue weighted by atomic mass is 32.1. The molecule has 1 aromatic heterocycles. The molecule has 0 unspecified atom stereocenters. The van der Waals surface area contributed by atoms with Crippen LogP contribution in [0.1, 0.15) is 24.5 Å². The van der Waals surface area contributed by atoms with Gasteiger partial charge in [-0.15, -0.1) is 11.3 Å². The van der Waals surface area contributed by atoms with E-state index in [1.165, 1.54) is 5.57 Å². The fourth-order valence-corrected chi connectivity index (χ4v) is 2.19. The zero-order valence-electron chi connectivity index (χ0n) is 11.1. The predicted octanol–water partition coefficient (Wildman–Crippen LogP) is 2.73. The second-order valence-electron chi connectivity index (χ2n) is 4.37. The van der Waals surface area contributed by atoms with Crippen LogP contribution < -0.4 is 5.32 Å². The van der Waals surface area contributed by atoms with Crippen molar-refractivity contribution in [3.05, 3.63) is 21.7 Å². The Hall–Kier alpha value is -0.710. The van der Waals surface area contributed by atoms with Crippen LogP contribution in [0.3, 0.4) is 0 Å². The Balaban J connectivity index is 2.56. The molecule has 0 atom stereocenters. The van der Waals surface area contributed by atoms with Crippen LogP contribution in [0.4, 0.5) is 0 Å². The fourth-order valence-electron chi connectivity index (χ4n) is 1.43. The van der Waals surface area contributed by atoms with Crippen molar-refractivity contribution in [2.45, 2.75) is 20.8 Å². The minimum absolute atomic E-state index is 0.536. The van der Waals surface area contributed by atoms with Crippen LogP contribution in [-0.2, 0) is 4.74 Å². The van der Waals surface area contributed by atoms with Crippen LogP contribution in [0.25, 0.3) is 6.08 Å². The molecule has 0 amide bonds. The van der Waals surface area contributed by atoms with E-state index >= 15 is 0 Å². The summed E-state index contributed by atoms with van der Waals surface area (Å²) in [7, 11) is 1.72. The van der Waals surface area contributed by atoms with Crippen LogP contribution in [0, 0.1) is 12.8 Å². The monoisotopic (exact) mass is 254 g/mol. The van der Waals surface area contributed by atoms with Gasteiger partial charge in [0.05, 0.1) is 6.61 Å². The maximum Gasteiger partial charge on any atom is 0.116 e. The Morgan fingerprint density at radius 1 is 1.59 bits per heavy atom. The van der Waals surface area contributed by atoms with E-state index in [1.54, 1.807) is 18.4 Å². The van der Waals surface area contributed by atoms with Crippen molar-refractivity contribution in [3.8, 4) is 0 Å². The van der Waals surface area contributed by atoms with Crippen molar-refractivity contribution >= 4 is 17.4 Å². The Bertz CT molecular complexity index is 358. The Morgan fingerprint density at radius 2 is 2.35 bits per heavy atom. The van der Waals surface area contributed by atoms with Gasteiger partial charge in [-0.05, 0) is 18.9 Å². The summed E-state index contributed by atoms with van der Waals surface area (Å²) in [6.07, 6.45) is 2.20. The van der Waals surface area contributed by atoms with Gasteiger partial charge >= 0.3 is 0 Å². The smallest absolute Gasteiger partial charge is 0.116 e. The number of nitrogens with zero attached hydrogens (tertiary/aromatic N) is 1. The van der Waals surface area contributed by atoms with Crippen LogP contribution in [-0.4, -0.2) is 31.8 Å². The van der Waals surface area contributed by atoms with Gasteiger partial charge in [0.2, 0.25) is 0 Å². The summed E-state index contributed by atoms with van der Waals surface area (Å²) in [4.78, 5) is 4.47. The first-order chi connectivity index (χ1) is 8.13. The summed E-state index contributed by atoms with van der Waals surface area (Å²) in [5, 5.41) is 6.56. The topological polar surface area (TPSA) is 34.1 Å². The molecule has 0 saturated heterocycles. The van der Waals surface area contributed by atoms with Crippen LogP contribution in [0.15, 0.2) is 11.0 Å². The molecule has 1 rings (SSSR count). The molecule has 0 radical (unpaired) electrons. The molecule has 3 nitrogen and oxygen atoms in total. The average Bonchev–Trinajstić information content (AvgIpc) is 2.68. The first kappa shape index (κ1) is 14.4. The number of nitrogens with one attached hydrogen (secondary N) is 1. The minimum atomic E-state index is 0.536. The van der Waals surface area contributed by atoms with Gasteiger partial charge in [0.15, 0.2) is 0 Å². The van der Waals surface area contributed by atoms with Crippen molar-refractivity contribution in [1.82, 2.24) is 10.3 Å². The van der Waals surface area contributed by atoms with E-state index in [2.05, 4.69) is 35.6 Å². The van der Waals surface area contributed by atoms with Crippen molar-refractivity contribution in [2.24, 2.45) is 5.92 Å². The highest BCUT2D eigenvalue weighted by molar-refractivity contribution is 7.10. The average molecular weight is 254 g/mol. The van der Waals surface area contributed by atoms with E-state index in [0.717, 1.165) is 30.4 Å². The third-order valence-corrected chi connectivity index (χ3v) is 3.41. The number of aryl methyl sites for hydroxylation is 1. The fraction of sp³-hybridized carbons (Fsp3) is 0.615. The second-order valence-corrected chi connectivity index (χ2v) is 5.26. The van der Waals surface area contributed by atoms with Crippen LogP contribution >= 0.6 is 11.3 Å². The molecular weight excluding hydrogens is 232 g/mol. The van der Waals surface area contributed by atoms with Gasteiger partial charge in [-0.1, -0.05) is 19.4 Å². The molecule has 4 heteroatoms. The number of aromatic nitrogens is 1. The molecule has 0 aliphatic rings. The summed E-state index contributed by atoms with van der Waals surface area (Å²) in [5.74, 6) is 0.536. The van der Waals surface area contributed by atoms with Gasteiger partial charge in [0.1, 0.15) is 5.01 Å². The van der Waals surface area contributed by atoms with E-state index in [4.69, 9.17) is 4.74 Å². The quantitative estimate of drug-likeness (QED) is 0.760. The molecule has 0 spiro atoms. The molecule has 1 aromatic rings. The van der Waals surface area contributed by atoms with Crippen LogP contribution in [0.5, 0.6) is 0 Å². The number of thiazole rings is 1. The minimum Gasteiger partial charge on any atom is -0.383 e. The first-order valence-corrected chi connectivity index (χ1v) is 6.83. The number of rotatable bonds is 7. The molecule has 1 N–H and O–H groups in total. The van der Waals surface area contributed by atoms with E-state index in [-0.39, 0.29) is 0 Å². The highest BCUT2D eigenvalue weighted by Gasteiger charge is 2.04. The van der Waals surface area contributed by atoms with Crippen molar-refractivity contribution in [2.75, 3.05) is 26.8 Å². The third kappa shape index (κ3) is 5.44. The summed E-state index contributed by atoms with van der Waals surface area (Å²) in [5.41, 5.74) is 2.48. The first-order valence-electron chi connectivity index (χ1n) is 5.95. The summed E-state index contributed by atoms with van der Waals surface area (Å²) in [6.45, 7) is 8.99. The van der Waals surface area contributed by atoms with Gasteiger partial charge in [0.25, 0.3) is 0 Å². The molecule has 0 aromatic carbocycles. The summed E-state index contributed by atoms with van der Waals surface area (Å²) < 4.78 is 5.01. The molecule has 0 aliphatic carbocycles. The number of hydrogen-bond acceptors (Lipinski definition) is 4. The molecule has 1 heterocycles. The lowest BCUT2D eigenvalue weighted by molar-refractivity contribution is 0.200. The maximum absolute atomic E-state index is 5.01. The number of methoxy groups -OCH3 is 1. The summed E-state index contributed by atoms with van der Waals surface area (Å²) >= 11 is 1.70. The van der Waals surface area contributed by atoms with Gasteiger partial charge in [-0.2, -0.15) is 0 Å². The number of ether oxygens (including phenoxy) is 1. The Labute approximate surface area is 108 Å². The zero-order chi connectivity index (χ0) is 12.7. The Morgan fingerprint density at radius 3 is 2.88 bits per heavy atom. The predicted molar refractivity (Wildman–Crippen MR) is 74.4 cm³/mol. The molecular formula is C13H22N2OS.